The molecule has 0 bridgehead atoms. The van der Waals surface area contributed by atoms with Crippen LogP contribution in [0.4, 0.5) is 0 Å². The first-order valence-electron chi connectivity index (χ1n) is 6.41. The number of rotatable bonds is 4. The second-order valence-corrected chi connectivity index (χ2v) is 4.75. The molecule has 0 spiro atoms. The molecular weight excluding hydrogens is 198 g/mol. The third-order valence-corrected chi connectivity index (χ3v) is 3.28. The SMILES string of the molecule is CC1=CNC(NCCN2CCCCC2)C=C1. The van der Waals surface area contributed by atoms with Crippen LogP contribution in [0.5, 0.6) is 0 Å². The molecule has 2 N–H and O–H groups in total. The Bertz CT molecular complexity index is 264. The fourth-order valence-corrected chi connectivity index (χ4v) is 2.26. The number of piperidine rings is 1. The average molecular weight is 221 g/mol. The van der Waals surface area contributed by atoms with Crippen molar-refractivity contribution in [2.45, 2.75) is 32.4 Å². The normalized spacial score (nSPS) is 26.3. The minimum atomic E-state index is 0.313. The predicted octanol–water partition coefficient (Wildman–Crippen LogP) is 1.45. The molecule has 3 nitrogen and oxygen atoms in total. The van der Waals surface area contributed by atoms with Crippen molar-refractivity contribution in [1.29, 1.82) is 0 Å². The lowest BCUT2D eigenvalue weighted by atomic mass is 10.1. The molecule has 0 aromatic rings. The van der Waals surface area contributed by atoms with E-state index in [1.54, 1.807) is 0 Å². The quantitative estimate of drug-likeness (QED) is 0.752. The van der Waals surface area contributed by atoms with E-state index in [1.807, 2.05) is 0 Å². The van der Waals surface area contributed by atoms with Crippen LogP contribution < -0.4 is 10.6 Å². The van der Waals surface area contributed by atoms with Gasteiger partial charge in [-0.3, -0.25) is 5.32 Å². The van der Waals surface area contributed by atoms with Crippen molar-refractivity contribution in [1.82, 2.24) is 15.5 Å². The fourth-order valence-electron chi connectivity index (χ4n) is 2.26. The first-order chi connectivity index (χ1) is 7.84. The van der Waals surface area contributed by atoms with E-state index < -0.39 is 0 Å². The Kier molecular flexibility index (Phi) is 4.43. The van der Waals surface area contributed by atoms with Crippen LogP contribution in [-0.2, 0) is 0 Å². The standard InChI is InChI=1S/C13H23N3/c1-12-5-6-13(15-11-12)14-7-10-16-8-3-2-4-9-16/h5-6,11,13-15H,2-4,7-10H2,1H3. The zero-order chi connectivity index (χ0) is 11.2. The molecule has 1 unspecified atom stereocenters. The molecule has 0 amide bonds. The van der Waals surface area contributed by atoms with Crippen LogP contribution in [0.15, 0.2) is 23.9 Å². The van der Waals surface area contributed by atoms with Crippen LogP contribution in [0.3, 0.4) is 0 Å². The summed E-state index contributed by atoms with van der Waals surface area (Å²) in [6.07, 6.45) is 10.9. The molecule has 0 aromatic heterocycles. The highest BCUT2D eigenvalue weighted by molar-refractivity contribution is 5.21. The van der Waals surface area contributed by atoms with E-state index in [0.717, 1.165) is 6.54 Å². The maximum Gasteiger partial charge on any atom is 0.0960 e. The van der Waals surface area contributed by atoms with Crippen molar-refractivity contribution in [3.8, 4) is 0 Å². The van der Waals surface area contributed by atoms with E-state index >= 15 is 0 Å². The molecule has 1 fully saturated rings. The highest BCUT2D eigenvalue weighted by atomic mass is 15.2. The minimum absolute atomic E-state index is 0.313. The summed E-state index contributed by atoms with van der Waals surface area (Å²) in [7, 11) is 0. The van der Waals surface area contributed by atoms with Gasteiger partial charge in [0.05, 0.1) is 6.17 Å². The first kappa shape index (κ1) is 11.7. The number of dihydropyridines is 1. The van der Waals surface area contributed by atoms with Crippen molar-refractivity contribution in [2.75, 3.05) is 26.2 Å². The Balaban J connectivity index is 1.59. The monoisotopic (exact) mass is 221 g/mol. The maximum atomic E-state index is 3.51. The number of nitrogens with zero attached hydrogens (tertiary/aromatic N) is 1. The van der Waals surface area contributed by atoms with Gasteiger partial charge in [-0.1, -0.05) is 12.5 Å². The molecular formula is C13H23N3. The van der Waals surface area contributed by atoms with E-state index in [-0.39, 0.29) is 0 Å². The average Bonchev–Trinajstić information content (AvgIpc) is 2.33. The van der Waals surface area contributed by atoms with Gasteiger partial charge < -0.3 is 10.2 Å². The Hall–Kier alpha value is -0.800. The summed E-state index contributed by atoms with van der Waals surface area (Å²) in [5, 5.41) is 6.83. The summed E-state index contributed by atoms with van der Waals surface area (Å²) < 4.78 is 0. The third-order valence-electron chi connectivity index (χ3n) is 3.28. The Morgan fingerprint density at radius 2 is 2.19 bits per heavy atom. The molecule has 2 aliphatic heterocycles. The van der Waals surface area contributed by atoms with Crippen LogP contribution in [-0.4, -0.2) is 37.2 Å². The molecule has 1 atom stereocenters. The number of hydrogen-bond donors (Lipinski definition) is 2. The van der Waals surface area contributed by atoms with E-state index in [1.165, 1.54) is 44.5 Å². The van der Waals surface area contributed by atoms with Crippen molar-refractivity contribution in [2.24, 2.45) is 0 Å². The van der Waals surface area contributed by atoms with Crippen LogP contribution in [0.25, 0.3) is 0 Å². The van der Waals surface area contributed by atoms with Gasteiger partial charge in [0.15, 0.2) is 0 Å². The molecule has 0 saturated carbocycles. The van der Waals surface area contributed by atoms with Gasteiger partial charge in [-0.05, 0) is 44.5 Å². The second kappa shape index (κ2) is 6.06. The van der Waals surface area contributed by atoms with E-state index in [2.05, 4.69) is 40.8 Å². The zero-order valence-electron chi connectivity index (χ0n) is 10.2. The Labute approximate surface area is 98.6 Å². The van der Waals surface area contributed by atoms with Gasteiger partial charge in [-0.15, -0.1) is 0 Å². The lowest BCUT2D eigenvalue weighted by Gasteiger charge is -2.27. The summed E-state index contributed by atoms with van der Waals surface area (Å²) in [6.45, 7) is 6.92. The van der Waals surface area contributed by atoms with E-state index in [0.29, 0.717) is 6.17 Å². The number of likely N-dealkylation sites (tertiary alicyclic amines) is 1. The second-order valence-electron chi connectivity index (χ2n) is 4.75. The van der Waals surface area contributed by atoms with Gasteiger partial charge in [0.25, 0.3) is 0 Å². The molecule has 3 heteroatoms. The lowest BCUT2D eigenvalue weighted by molar-refractivity contribution is 0.227. The highest BCUT2D eigenvalue weighted by Crippen LogP contribution is 2.07. The summed E-state index contributed by atoms with van der Waals surface area (Å²) >= 11 is 0. The summed E-state index contributed by atoms with van der Waals surface area (Å²) in [5.41, 5.74) is 1.29. The summed E-state index contributed by atoms with van der Waals surface area (Å²) in [6, 6.07) is 0. The number of allylic oxidation sites excluding steroid dienone is 2. The third kappa shape index (κ3) is 3.65. The molecule has 90 valence electrons. The van der Waals surface area contributed by atoms with Crippen LogP contribution in [0.1, 0.15) is 26.2 Å². The van der Waals surface area contributed by atoms with Gasteiger partial charge in [-0.2, -0.15) is 0 Å². The van der Waals surface area contributed by atoms with Crippen LogP contribution in [0.2, 0.25) is 0 Å². The van der Waals surface area contributed by atoms with Crippen molar-refractivity contribution >= 4 is 0 Å². The molecule has 0 aromatic carbocycles. The topological polar surface area (TPSA) is 27.3 Å². The van der Waals surface area contributed by atoms with E-state index in [4.69, 9.17) is 0 Å². The minimum Gasteiger partial charge on any atom is -0.372 e. The largest absolute Gasteiger partial charge is 0.372 e. The summed E-state index contributed by atoms with van der Waals surface area (Å²) in [5.74, 6) is 0. The molecule has 2 heterocycles. The smallest absolute Gasteiger partial charge is 0.0960 e. The van der Waals surface area contributed by atoms with Crippen LogP contribution in [0, 0.1) is 0 Å². The van der Waals surface area contributed by atoms with Gasteiger partial charge in [0.2, 0.25) is 0 Å². The van der Waals surface area contributed by atoms with E-state index in [9.17, 15) is 0 Å². The van der Waals surface area contributed by atoms with Gasteiger partial charge in [0.1, 0.15) is 0 Å². The summed E-state index contributed by atoms with van der Waals surface area (Å²) in [4.78, 5) is 2.56. The zero-order valence-corrected chi connectivity index (χ0v) is 10.2. The van der Waals surface area contributed by atoms with Gasteiger partial charge >= 0.3 is 0 Å². The molecule has 2 aliphatic rings. The van der Waals surface area contributed by atoms with Crippen molar-refractivity contribution in [3.63, 3.8) is 0 Å². The molecule has 16 heavy (non-hydrogen) atoms. The molecule has 1 saturated heterocycles. The Morgan fingerprint density at radius 1 is 1.38 bits per heavy atom. The lowest BCUT2D eigenvalue weighted by Crippen LogP contribution is -2.44. The maximum absolute atomic E-state index is 3.51. The van der Waals surface area contributed by atoms with Crippen LogP contribution >= 0.6 is 0 Å². The van der Waals surface area contributed by atoms with Gasteiger partial charge in [0, 0.05) is 19.3 Å². The molecule has 0 aliphatic carbocycles. The van der Waals surface area contributed by atoms with Gasteiger partial charge in [-0.25, -0.2) is 0 Å². The molecule has 0 radical (unpaired) electrons. The van der Waals surface area contributed by atoms with Crippen molar-refractivity contribution < 1.29 is 0 Å². The fraction of sp³-hybridized carbons (Fsp3) is 0.692. The van der Waals surface area contributed by atoms with Crippen molar-refractivity contribution in [3.05, 3.63) is 23.9 Å². The number of nitrogens with one attached hydrogen (secondary N) is 2. The molecule has 2 rings (SSSR count). The number of hydrogen-bond acceptors (Lipinski definition) is 3. The highest BCUT2D eigenvalue weighted by Gasteiger charge is 2.10. The predicted molar refractivity (Wildman–Crippen MR) is 68.1 cm³/mol. The Morgan fingerprint density at radius 3 is 2.88 bits per heavy atom. The first-order valence-corrected chi connectivity index (χ1v) is 6.41.